The van der Waals surface area contributed by atoms with E-state index in [-0.39, 0.29) is 0 Å². The van der Waals surface area contributed by atoms with Crippen molar-refractivity contribution in [1.29, 1.82) is 0 Å². The quantitative estimate of drug-likeness (QED) is 0.475. The van der Waals surface area contributed by atoms with Gasteiger partial charge in [-0.15, -0.1) is 0 Å². The van der Waals surface area contributed by atoms with Gasteiger partial charge >= 0.3 is 0 Å². The van der Waals surface area contributed by atoms with Crippen LogP contribution in [-0.2, 0) is 29.3 Å². The summed E-state index contributed by atoms with van der Waals surface area (Å²) in [6.45, 7) is 3.26. The van der Waals surface area contributed by atoms with E-state index in [4.69, 9.17) is 4.74 Å². The van der Waals surface area contributed by atoms with Crippen molar-refractivity contribution in [3.8, 4) is 0 Å². The summed E-state index contributed by atoms with van der Waals surface area (Å²) in [6.07, 6.45) is 0. The first-order chi connectivity index (χ1) is 13.6. The fourth-order valence-corrected chi connectivity index (χ4v) is 2.79. The molecule has 0 saturated heterocycles. The van der Waals surface area contributed by atoms with Gasteiger partial charge in [0, 0.05) is 12.1 Å². The van der Waals surface area contributed by atoms with E-state index in [1.54, 1.807) is 12.1 Å². The Hall–Kier alpha value is -3.24. The van der Waals surface area contributed by atoms with Crippen molar-refractivity contribution < 1.29 is 14.3 Å². The van der Waals surface area contributed by atoms with E-state index in [2.05, 4.69) is 5.32 Å². The number of ketones is 1. The third-order valence-corrected chi connectivity index (χ3v) is 4.34. The molecule has 0 fully saturated rings. The lowest BCUT2D eigenvalue weighted by molar-refractivity contribution is -0.117. The van der Waals surface area contributed by atoms with Crippen LogP contribution in [0.3, 0.4) is 0 Å². The number of carbonyl (C=O) groups is 2. The first kappa shape index (κ1) is 19.5. The lowest BCUT2D eigenvalue weighted by atomic mass is 10.1. The highest BCUT2D eigenvalue weighted by Gasteiger charge is 2.15. The Morgan fingerprint density at radius 3 is 2.18 bits per heavy atom. The lowest BCUT2D eigenvalue weighted by Crippen LogP contribution is -2.30. The summed E-state index contributed by atoms with van der Waals surface area (Å²) in [6, 6.07) is 24.8. The van der Waals surface area contributed by atoms with Crippen LogP contribution in [0.4, 0.5) is 0 Å². The Balaban J connectivity index is 1.50. The molecule has 0 radical (unpaired) electrons. The van der Waals surface area contributed by atoms with Crippen LogP contribution in [0, 0.1) is 6.92 Å². The normalized spacial score (nSPS) is 10.5. The molecule has 1 N–H and O–H groups in total. The zero-order valence-electron chi connectivity index (χ0n) is 15.9. The average molecular weight is 373 g/mol. The van der Waals surface area contributed by atoms with Crippen LogP contribution in [-0.4, -0.2) is 11.7 Å². The maximum absolute atomic E-state index is 12.2. The van der Waals surface area contributed by atoms with E-state index in [0.717, 1.165) is 22.3 Å². The Morgan fingerprint density at radius 2 is 1.43 bits per heavy atom. The van der Waals surface area contributed by atoms with Crippen LogP contribution in [0.5, 0.6) is 0 Å². The highest BCUT2D eigenvalue weighted by molar-refractivity contribution is 6.42. The molecule has 28 heavy (non-hydrogen) atoms. The summed E-state index contributed by atoms with van der Waals surface area (Å²) in [5.41, 5.74) is 4.51. The molecule has 0 atom stereocenters. The molecular formula is C24H23NO3. The number of hydrogen-bond acceptors (Lipinski definition) is 3. The van der Waals surface area contributed by atoms with E-state index in [0.29, 0.717) is 25.3 Å². The van der Waals surface area contributed by atoms with Crippen LogP contribution >= 0.6 is 0 Å². The summed E-state index contributed by atoms with van der Waals surface area (Å²) in [7, 11) is 0. The number of ether oxygens (including phenoxy) is 1. The summed E-state index contributed by atoms with van der Waals surface area (Å²) in [4.78, 5) is 24.3. The van der Waals surface area contributed by atoms with Crippen molar-refractivity contribution in [3.05, 3.63) is 107 Å². The second kappa shape index (κ2) is 9.62. The fourth-order valence-electron chi connectivity index (χ4n) is 2.79. The van der Waals surface area contributed by atoms with Gasteiger partial charge < -0.3 is 10.1 Å². The molecule has 0 aliphatic carbocycles. The largest absolute Gasteiger partial charge is 0.372 e. The molecule has 4 heteroatoms. The molecule has 0 spiro atoms. The standard InChI is InChI=1S/C24H23NO3/c1-18-10-12-22(13-11-18)23(26)24(27)25-15-20-8-5-9-21(14-20)17-28-16-19-6-3-2-4-7-19/h2-14H,15-17H2,1H3,(H,25,27). The van der Waals surface area contributed by atoms with Gasteiger partial charge in [-0.05, 0) is 23.6 Å². The van der Waals surface area contributed by atoms with Crippen molar-refractivity contribution in [2.75, 3.05) is 0 Å². The Morgan fingerprint density at radius 1 is 0.786 bits per heavy atom. The van der Waals surface area contributed by atoms with Crippen LogP contribution in [0.2, 0.25) is 0 Å². The number of nitrogens with one attached hydrogen (secondary N) is 1. The zero-order valence-corrected chi connectivity index (χ0v) is 15.9. The van der Waals surface area contributed by atoms with Gasteiger partial charge in [0.25, 0.3) is 5.91 Å². The van der Waals surface area contributed by atoms with Gasteiger partial charge in [0.1, 0.15) is 0 Å². The molecule has 3 rings (SSSR count). The predicted octanol–water partition coefficient (Wildman–Crippen LogP) is 4.21. The summed E-state index contributed by atoms with van der Waals surface area (Å²) in [5, 5.41) is 2.69. The molecule has 4 nitrogen and oxygen atoms in total. The van der Waals surface area contributed by atoms with Crippen molar-refractivity contribution in [3.63, 3.8) is 0 Å². The third kappa shape index (κ3) is 5.63. The van der Waals surface area contributed by atoms with Crippen molar-refractivity contribution in [2.24, 2.45) is 0 Å². The molecule has 142 valence electrons. The molecule has 1 amide bonds. The predicted molar refractivity (Wildman–Crippen MR) is 109 cm³/mol. The highest BCUT2D eigenvalue weighted by Crippen LogP contribution is 2.09. The first-order valence-corrected chi connectivity index (χ1v) is 9.20. The van der Waals surface area contributed by atoms with E-state index in [1.807, 2.05) is 73.7 Å². The van der Waals surface area contributed by atoms with Crippen LogP contribution in [0.25, 0.3) is 0 Å². The van der Waals surface area contributed by atoms with Crippen LogP contribution in [0.1, 0.15) is 32.6 Å². The number of amides is 1. The summed E-state index contributed by atoms with van der Waals surface area (Å²) >= 11 is 0. The highest BCUT2D eigenvalue weighted by atomic mass is 16.5. The minimum atomic E-state index is -0.602. The van der Waals surface area contributed by atoms with Crippen molar-refractivity contribution in [1.82, 2.24) is 5.32 Å². The molecule has 0 aliphatic heterocycles. The molecule has 0 aliphatic rings. The molecular weight excluding hydrogens is 350 g/mol. The SMILES string of the molecule is Cc1ccc(C(=O)C(=O)NCc2cccc(COCc3ccccc3)c2)cc1. The fraction of sp³-hybridized carbons (Fsp3) is 0.167. The zero-order chi connectivity index (χ0) is 19.8. The van der Waals surface area contributed by atoms with Crippen molar-refractivity contribution >= 4 is 11.7 Å². The number of Topliss-reactive ketones (excluding diaryl/α,β-unsaturated/α-hetero) is 1. The Bertz CT molecular complexity index is 934. The van der Waals surface area contributed by atoms with Gasteiger partial charge in [0.15, 0.2) is 0 Å². The van der Waals surface area contributed by atoms with Crippen molar-refractivity contribution in [2.45, 2.75) is 26.7 Å². The number of benzene rings is 3. The average Bonchev–Trinajstić information content (AvgIpc) is 2.73. The van der Waals surface area contributed by atoms with Gasteiger partial charge in [-0.3, -0.25) is 9.59 Å². The maximum atomic E-state index is 12.2. The summed E-state index contributed by atoms with van der Waals surface area (Å²) in [5.74, 6) is -1.13. The van der Waals surface area contributed by atoms with Gasteiger partial charge in [-0.25, -0.2) is 0 Å². The second-order valence-electron chi connectivity index (χ2n) is 6.68. The summed E-state index contributed by atoms with van der Waals surface area (Å²) < 4.78 is 5.75. The molecule has 0 unspecified atom stereocenters. The molecule has 0 saturated carbocycles. The molecule has 0 bridgehead atoms. The molecule has 0 heterocycles. The maximum Gasteiger partial charge on any atom is 0.292 e. The lowest BCUT2D eigenvalue weighted by Gasteiger charge is -2.08. The minimum Gasteiger partial charge on any atom is -0.372 e. The van der Waals surface area contributed by atoms with Gasteiger partial charge in [0.2, 0.25) is 5.78 Å². The van der Waals surface area contributed by atoms with E-state index in [9.17, 15) is 9.59 Å². The Labute approximate surface area is 165 Å². The topological polar surface area (TPSA) is 55.4 Å². The number of carbonyl (C=O) groups excluding carboxylic acids is 2. The van der Waals surface area contributed by atoms with Crippen LogP contribution < -0.4 is 5.32 Å². The molecule has 3 aromatic rings. The van der Waals surface area contributed by atoms with Gasteiger partial charge in [0.05, 0.1) is 13.2 Å². The monoisotopic (exact) mass is 373 g/mol. The third-order valence-electron chi connectivity index (χ3n) is 4.34. The first-order valence-electron chi connectivity index (χ1n) is 9.20. The van der Waals surface area contributed by atoms with Gasteiger partial charge in [-0.1, -0.05) is 84.4 Å². The number of rotatable bonds is 8. The van der Waals surface area contributed by atoms with E-state index >= 15 is 0 Å². The minimum absolute atomic E-state index is 0.295. The second-order valence-corrected chi connectivity index (χ2v) is 6.68. The van der Waals surface area contributed by atoms with Gasteiger partial charge in [-0.2, -0.15) is 0 Å². The molecule has 3 aromatic carbocycles. The molecule has 0 aromatic heterocycles. The van der Waals surface area contributed by atoms with Crippen LogP contribution in [0.15, 0.2) is 78.9 Å². The van der Waals surface area contributed by atoms with E-state index < -0.39 is 11.7 Å². The van der Waals surface area contributed by atoms with E-state index in [1.165, 1.54) is 0 Å². The smallest absolute Gasteiger partial charge is 0.292 e. The number of aryl methyl sites for hydroxylation is 1. The number of hydrogen-bond donors (Lipinski definition) is 1. The Kier molecular flexibility index (Phi) is 6.71.